The van der Waals surface area contributed by atoms with E-state index in [1.165, 1.54) is 0 Å². The lowest BCUT2D eigenvalue weighted by Crippen LogP contribution is -2.49. The van der Waals surface area contributed by atoms with Crippen molar-refractivity contribution in [1.29, 1.82) is 0 Å². The minimum absolute atomic E-state index is 0.168. The molecule has 9 heteroatoms. The molecule has 36 heavy (non-hydrogen) atoms. The van der Waals surface area contributed by atoms with Gasteiger partial charge in [-0.25, -0.2) is 4.79 Å². The Morgan fingerprint density at radius 2 is 1.92 bits per heavy atom. The first-order chi connectivity index (χ1) is 17.3. The number of aryl methyl sites for hydroxylation is 1. The van der Waals surface area contributed by atoms with Gasteiger partial charge in [-0.2, -0.15) is 0 Å². The number of carboxylic acids is 1. The third kappa shape index (κ3) is 4.24. The molecule has 1 atom stereocenters. The second-order valence-electron chi connectivity index (χ2n) is 8.69. The molecule has 182 valence electrons. The molecule has 1 fully saturated rings. The van der Waals surface area contributed by atoms with Crippen LogP contribution in [0.3, 0.4) is 0 Å². The number of halogens is 1. The van der Waals surface area contributed by atoms with Crippen LogP contribution in [0.1, 0.15) is 30.0 Å². The monoisotopic (exact) mass is 504 g/mol. The van der Waals surface area contributed by atoms with Gasteiger partial charge in [-0.3, -0.25) is 10.1 Å². The lowest BCUT2D eigenvalue weighted by Gasteiger charge is -2.37. The van der Waals surface area contributed by atoms with Gasteiger partial charge in [-0.15, -0.1) is 0 Å². The molecular weight excluding hydrogens is 484 g/mol. The predicted octanol–water partition coefficient (Wildman–Crippen LogP) is 5.13. The Labute approximate surface area is 211 Å². The van der Waals surface area contributed by atoms with Crippen molar-refractivity contribution in [2.75, 3.05) is 18.5 Å². The fourth-order valence-corrected chi connectivity index (χ4v) is 4.42. The summed E-state index contributed by atoms with van der Waals surface area (Å²) in [7, 11) is 0. The van der Waals surface area contributed by atoms with Crippen LogP contribution in [0.25, 0.3) is 0 Å². The summed E-state index contributed by atoms with van der Waals surface area (Å²) in [5.74, 6) is 5.21. The van der Waals surface area contributed by atoms with Gasteiger partial charge in [0.05, 0.1) is 13.2 Å². The average molecular weight is 505 g/mol. The summed E-state index contributed by atoms with van der Waals surface area (Å²) < 4.78 is 15.9. The maximum Gasteiger partial charge on any atom is 0.412 e. The number of carboxylic acid groups (broad SMARTS) is 1. The summed E-state index contributed by atoms with van der Waals surface area (Å²) in [5.41, 5.74) is 3.72. The molecule has 5 rings (SSSR count). The van der Waals surface area contributed by atoms with E-state index in [1.54, 1.807) is 32.0 Å². The first-order valence-electron chi connectivity index (χ1n) is 11.2. The van der Waals surface area contributed by atoms with E-state index in [1.807, 2.05) is 30.4 Å². The molecule has 0 saturated carbocycles. The van der Waals surface area contributed by atoms with Crippen molar-refractivity contribution in [2.45, 2.75) is 20.0 Å². The number of carbonyl (C=O) groups excluding carboxylic acids is 1. The summed E-state index contributed by atoms with van der Waals surface area (Å²) in [6, 6.07) is 7.13. The molecule has 1 aromatic heterocycles. The minimum Gasteiger partial charge on any atom is -0.480 e. The summed E-state index contributed by atoms with van der Waals surface area (Å²) in [5, 5.41) is 16.7. The third-order valence-electron chi connectivity index (χ3n) is 6.27. The van der Waals surface area contributed by atoms with Crippen LogP contribution >= 0.6 is 11.6 Å². The zero-order valence-electron chi connectivity index (χ0n) is 19.4. The van der Waals surface area contributed by atoms with E-state index < -0.39 is 23.6 Å². The molecule has 2 heterocycles. The number of amides is 1. The van der Waals surface area contributed by atoms with Crippen LogP contribution in [0.2, 0.25) is 5.02 Å². The number of aliphatic carboxylic acids is 1. The highest BCUT2D eigenvalue weighted by Crippen LogP contribution is 2.43. The second kappa shape index (κ2) is 9.19. The Bertz CT molecular complexity index is 1460. The molecule has 2 N–H and O–H groups in total. The van der Waals surface area contributed by atoms with Crippen LogP contribution in [-0.4, -0.2) is 35.5 Å². The Morgan fingerprint density at radius 1 is 1.17 bits per heavy atom. The molecular formula is C27H21ClN2O6. The molecule has 0 spiro atoms. The number of hydrogen-bond donors (Lipinski definition) is 2. The van der Waals surface area contributed by atoms with E-state index in [2.05, 4.69) is 22.3 Å². The van der Waals surface area contributed by atoms with Crippen molar-refractivity contribution in [2.24, 2.45) is 5.41 Å². The second-order valence-corrected chi connectivity index (χ2v) is 9.10. The number of allylic oxidation sites excluding steroid dienone is 7. The first kappa shape index (κ1) is 23.7. The molecule has 1 amide bonds. The van der Waals surface area contributed by atoms with Crippen molar-refractivity contribution in [3.8, 4) is 11.8 Å². The SMILES string of the molecule is Cc1noc(C#CC2=CC3=CC(C4(C(=O)O)COC4)=CC3=C2)c1NC(=O)OC(C)c1ccccc1Cl. The van der Waals surface area contributed by atoms with Gasteiger partial charge in [0.1, 0.15) is 22.9 Å². The topological polar surface area (TPSA) is 111 Å². The van der Waals surface area contributed by atoms with E-state index in [0.717, 1.165) is 22.3 Å². The zero-order chi connectivity index (χ0) is 25.4. The lowest BCUT2D eigenvalue weighted by atomic mass is 9.78. The number of benzene rings is 1. The normalized spacial score (nSPS) is 17.9. The number of anilines is 1. The number of nitrogens with one attached hydrogen (secondary N) is 1. The van der Waals surface area contributed by atoms with Gasteiger partial charge in [0.25, 0.3) is 0 Å². The molecule has 8 nitrogen and oxygen atoms in total. The van der Waals surface area contributed by atoms with Crippen molar-refractivity contribution < 1.29 is 28.7 Å². The summed E-state index contributed by atoms with van der Waals surface area (Å²) >= 11 is 6.18. The fourth-order valence-electron chi connectivity index (χ4n) is 4.13. The Balaban J connectivity index is 1.28. The summed E-state index contributed by atoms with van der Waals surface area (Å²) in [6.07, 6.45) is 6.20. The zero-order valence-corrected chi connectivity index (χ0v) is 20.2. The molecule has 2 aliphatic carbocycles. The van der Waals surface area contributed by atoms with Crippen LogP contribution in [0, 0.1) is 24.2 Å². The number of nitrogens with zero attached hydrogens (tertiary/aromatic N) is 1. The quantitative estimate of drug-likeness (QED) is 0.543. The summed E-state index contributed by atoms with van der Waals surface area (Å²) in [6.45, 7) is 3.75. The Kier molecular flexibility index (Phi) is 6.04. The van der Waals surface area contributed by atoms with Crippen molar-refractivity contribution in [3.05, 3.63) is 92.9 Å². The third-order valence-corrected chi connectivity index (χ3v) is 6.62. The molecule has 0 radical (unpaired) electrons. The lowest BCUT2D eigenvalue weighted by molar-refractivity contribution is -0.170. The maximum atomic E-state index is 12.5. The van der Waals surface area contributed by atoms with Crippen molar-refractivity contribution in [3.63, 3.8) is 0 Å². The number of fused-ring (bicyclic) bond motifs is 1. The molecule has 1 aromatic carbocycles. The number of aromatic nitrogens is 1. The van der Waals surface area contributed by atoms with Crippen LogP contribution in [0.5, 0.6) is 0 Å². The number of ether oxygens (including phenoxy) is 2. The Hall–Kier alpha value is -4.06. The van der Waals surface area contributed by atoms with Crippen LogP contribution in [0.4, 0.5) is 10.5 Å². The molecule has 1 aliphatic heterocycles. The number of carbonyl (C=O) groups is 2. The highest BCUT2D eigenvalue weighted by atomic mass is 35.5. The highest BCUT2D eigenvalue weighted by Gasteiger charge is 2.49. The Morgan fingerprint density at radius 3 is 2.58 bits per heavy atom. The molecule has 1 saturated heterocycles. The van der Waals surface area contributed by atoms with Crippen molar-refractivity contribution in [1.82, 2.24) is 5.16 Å². The number of rotatable bonds is 5. The minimum atomic E-state index is -0.978. The van der Waals surface area contributed by atoms with Gasteiger partial charge >= 0.3 is 12.1 Å². The van der Waals surface area contributed by atoms with E-state index in [-0.39, 0.29) is 19.0 Å². The van der Waals surface area contributed by atoms with E-state index in [4.69, 9.17) is 25.6 Å². The average Bonchev–Trinajstić information content (AvgIpc) is 3.45. The largest absolute Gasteiger partial charge is 0.480 e. The highest BCUT2D eigenvalue weighted by molar-refractivity contribution is 6.31. The fraction of sp³-hybridized carbons (Fsp3) is 0.222. The van der Waals surface area contributed by atoms with Gasteiger partial charge < -0.3 is 19.1 Å². The summed E-state index contributed by atoms with van der Waals surface area (Å²) in [4.78, 5) is 24.2. The van der Waals surface area contributed by atoms with Gasteiger partial charge in [0, 0.05) is 16.2 Å². The van der Waals surface area contributed by atoms with E-state index in [9.17, 15) is 14.7 Å². The maximum absolute atomic E-state index is 12.5. The van der Waals surface area contributed by atoms with Crippen LogP contribution < -0.4 is 5.32 Å². The smallest absolute Gasteiger partial charge is 0.412 e. The standard InChI is InChI=1S/C27H21ClN2O6/c1-15-24(29-26(33)35-16(2)21-5-3-4-6-22(21)28)23(36-30-15)8-7-17-9-18-11-20(12-19(18)10-17)27(25(31)32)13-34-14-27/h3-6,9-12,16H,13-14H2,1-2H3,(H,29,33)(H,31,32). The first-order valence-corrected chi connectivity index (χ1v) is 11.5. The van der Waals surface area contributed by atoms with E-state index in [0.29, 0.717) is 22.0 Å². The van der Waals surface area contributed by atoms with Crippen LogP contribution in [0.15, 0.2) is 75.4 Å². The molecule has 3 aliphatic rings. The number of hydrogen-bond acceptors (Lipinski definition) is 6. The molecule has 1 unspecified atom stereocenters. The molecule has 0 bridgehead atoms. The van der Waals surface area contributed by atoms with Gasteiger partial charge in [-0.1, -0.05) is 40.9 Å². The molecule has 2 aromatic rings. The van der Waals surface area contributed by atoms with Gasteiger partial charge in [0.2, 0.25) is 5.76 Å². The van der Waals surface area contributed by atoms with Gasteiger partial charge in [-0.05, 0) is 66.9 Å². The van der Waals surface area contributed by atoms with E-state index >= 15 is 0 Å². The van der Waals surface area contributed by atoms with Crippen LogP contribution in [-0.2, 0) is 14.3 Å². The van der Waals surface area contributed by atoms with Crippen molar-refractivity contribution >= 4 is 29.4 Å². The van der Waals surface area contributed by atoms with Gasteiger partial charge in [0.15, 0.2) is 0 Å². The predicted molar refractivity (Wildman–Crippen MR) is 131 cm³/mol.